The quantitative estimate of drug-likeness (QED) is 0.855. The van der Waals surface area contributed by atoms with Crippen LogP contribution in [0.1, 0.15) is 17.5 Å². The largest absolute Gasteiger partial charge is 0.338 e. The molecule has 1 atom stereocenters. The molecule has 0 aromatic heterocycles. The zero-order chi connectivity index (χ0) is 19.6. The van der Waals surface area contributed by atoms with E-state index in [2.05, 4.69) is 5.32 Å². The van der Waals surface area contributed by atoms with Crippen LogP contribution in [0.5, 0.6) is 0 Å². The Morgan fingerprint density at radius 2 is 1.74 bits per heavy atom. The number of hydrogen-bond acceptors (Lipinski definition) is 4. The Balaban J connectivity index is 1.61. The van der Waals surface area contributed by atoms with E-state index in [1.165, 1.54) is 12.1 Å². The molecule has 0 saturated carbocycles. The van der Waals surface area contributed by atoms with Crippen LogP contribution < -0.4 is 5.32 Å². The number of likely N-dealkylation sites (tertiary alicyclic amines) is 1. The van der Waals surface area contributed by atoms with Gasteiger partial charge in [-0.25, -0.2) is 8.42 Å². The Bertz CT molecular complexity index is 950. The molecule has 0 spiro atoms. The van der Waals surface area contributed by atoms with Crippen molar-refractivity contribution in [2.24, 2.45) is 5.92 Å². The smallest absolute Gasteiger partial charge is 0.229 e. The van der Waals surface area contributed by atoms with Crippen molar-refractivity contribution in [2.75, 3.05) is 18.1 Å². The molecule has 0 bridgehead atoms. The van der Waals surface area contributed by atoms with Crippen LogP contribution in [-0.4, -0.2) is 37.9 Å². The van der Waals surface area contributed by atoms with Crippen molar-refractivity contribution >= 4 is 27.3 Å². The first-order valence-corrected chi connectivity index (χ1v) is 10.6. The van der Waals surface area contributed by atoms with Gasteiger partial charge in [0.05, 0.1) is 10.8 Å². The van der Waals surface area contributed by atoms with E-state index in [0.29, 0.717) is 18.8 Å². The minimum Gasteiger partial charge on any atom is -0.338 e. The van der Waals surface area contributed by atoms with Gasteiger partial charge in [-0.15, -0.1) is 0 Å². The Morgan fingerprint density at radius 3 is 2.33 bits per heavy atom. The third-order valence-electron chi connectivity index (χ3n) is 4.63. The molecule has 1 N–H and O–H groups in total. The van der Waals surface area contributed by atoms with Gasteiger partial charge in [0.2, 0.25) is 11.8 Å². The van der Waals surface area contributed by atoms with Crippen molar-refractivity contribution in [1.82, 2.24) is 4.90 Å². The van der Waals surface area contributed by atoms with Crippen molar-refractivity contribution in [2.45, 2.75) is 24.8 Å². The van der Waals surface area contributed by atoms with Crippen LogP contribution in [0.15, 0.2) is 53.4 Å². The maximum absolute atomic E-state index is 12.5. The first-order valence-electron chi connectivity index (χ1n) is 8.67. The van der Waals surface area contributed by atoms with E-state index in [4.69, 9.17) is 0 Å². The second kappa shape index (κ2) is 7.52. The summed E-state index contributed by atoms with van der Waals surface area (Å²) in [5, 5.41) is 2.76. The second-order valence-electron chi connectivity index (χ2n) is 6.95. The van der Waals surface area contributed by atoms with E-state index in [0.717, 1.165) is 17.4 Å². The van der Waals surface area contributed by atoms with Gasteiger partial charge in [-0.05, 0) is 36.8 Å². The van der Waals surface area contributed by atoms with E-state index in [1.807, 2.05) is 31.2 Å². The number of rotatable bonds is 5. The van der Waals surface area contributed by atoms with E-state index >= 15 is 0 Å². The van der Waals surface area contributed by atoms with Gasteiger partial charge in [0.15, 0.2) is 9.84 Å². The van der Waals surface area contributed by atoms with Crippen molar-refractivity contribution in [1.29, 1.82) is 0 Å². The third-order valence-corrected chi connectivity index (χ3v) is 5.76. The molecule has 1 fully saturated rings. The van der Waals surface area contributed by atoms with Crippen LogP contribution in [0.4, 0.5) is 5.69 Å². The normalized spacial score (nSPS) is 17.2. The molecule has 2 aromatic rings. The molecule has 27 heavy (non-hydrogen) atoms. The number of benzene rings is 2. The number of aryl methyl sites for hydroxylation is 1. The lowest BCUT2D eigenvalue weighted by Crippen LogP contribution is -2.28. The Labute approximate surface area is 159 Å². The van der Waals surface area contributed by atoms with Crippen molar-refractivity contribution in [3.8, 4) is 0 Å². The van der Waals surface area contributed by atoms with Gasteiger partial charge in [0.1, 0.15) is 0 Å². The molecule has 0 radical (unpaired) electrons. The predicted molar refractivity (Wildman–Crippen MR) is 103 cm³/mol. The zero-order valence-electron chi connectivity index (χ0n) is 15.3. The van der Waals surface area contributed by atoms with Gasteiger partial charge in [0, 0.05) is 31.5 Å². The molecular formula is C20H22N2O4S. The van der Waals surface area contributed by atoms with Crippen LogP contribution in [0.3, 0.4) is 0 Å². The lowest BCUT2D eigenvalue weighted by molar-refractivity contribution is -0.128. The van der Waals surface area contributed by atoms with Gasteiger partial charge in [-0.3, -0.25) is 9.59 Å². The highest BCUT2D eigenvalue weighted by atomic mass is 32.2. The summed E-state index contributed by atoms with van der Waals surface area (Å²) >= 11 is 0. The fourth-order valence-corrected chi connectivity index (χ4v) is 3.67. The van der Waals surface area contributed by atoms with E-state index in [1.54, 1.807) is 17.0 Å². The van der Waals surface area contributed by atoms with E-state index in [-0.39, 0.29) is 23.1 Å². The molecular weight excluding hydrogens is 364 g/mol. The summed E-state index contributed by atoms with van der Waals surface area (Å²) < 4.78 is 23.0. The van der Waals surface area contributed by atoms with Crippen LogP contribution in [0.2, 0.25) is 0 Å². The number of nitrogens with one attached hydrogen (secondary N) is 1. The van der Waals surface area contributed by atoms with Crippen LogP contribution in [0, 0.1) is 12.8 Å². The summed E-state index contributed by atoms with van der Waals surface area (Å²) in [6.07, 6.45) is 1.31. The minimum absolute atomic E-state index is 0.0388. The molecule has 0 aliphatic carbocycles. The van der Waals surface area contributed by atoms with Gasteiger partial charge < -0.3 is 10.2 Å². The molecule has 6 nitrogen and oxygen atoms in total. The molecule has 1 aliphatic heterocycles. The molecule has 1 heterocycles. The Kier molecular flexibility index (Phi) is 5.32. The third kappa shape index (κ3) is 4.74. The number of hydrogen-bond donors (Lipinski definition) is 1. The summed E-state index contributed by atoms with van der Waals surface area (Å²) in [6.45, 7) is 2.87. The summed E-state index contributed by atoms with van der Waals surface area (Å²) in [6, 6.07) is 14.0. The first kappa shape index (κ1) is 19.1. The van der Waals surface area contributed by atoms with Gasteiger partial charge >= 0.3 is 0 Å². The van der Waals surface area contributed by atoms with E-state index < -0.39 is 15.8 Å². The summed E-state index contributed by atoms with van der Waals surface area (Å²) in [5.41, 5.74) is 2.70. The highest BCUT2D eigenvalue weighted by molar-refractivity contribution is 7.90. The number of anilines is 1. The Hall–Kier alpha value is -2.67. The summed E-state index contributed by atoms with van der Waals surface area (Å²) in [4.78, 5) is 26.6. The molecule has 2 aromatic carbocycles. The fourth-order valence-electron chi connectivity index (χ4n) is 3.04. The van der Waals surface area contributed by atoms with Crippen molar-refractivity contribution in [3.63, 3.8) is 0 Å². The molecule has 1 unspecified atom stereocenters. The summed E-state index contributed by atoms with van der Waals surface area (Å²) in [5.74, 6) is -0.692. The average Bonchev–Trinajstić information content (AvgIpc) is 2.97. The number of sulfone groups is 1. The van der Waals surface area contributed by atoms with Gasteiger partial charge in [0.25, 0.3) is 0 Å². The SMILES string of the molecule is Cc1ccc(CN2CC(C(=O)Nc3ccc(S(C)(=O)=O)cc3)CC2=O)cc1. The second-order valence-corrected chi connectivity index (χ2v) is 8.96. The molecule has 1 aliphatic rings. The fraction of sp³-hybridized carbons (Fsp3) is 0.300. The lowest BCUT2D eigenvalue weighted by atomic mass is 10.1. The predicted octanol–water partition coefficient (Wildman–Crippen LogP) is 2.39. The standard InChI is InChI=1S/C20H22N2O4S/c1-14-3-5-15(6-4-14)12-22-13-16(11-19(22)23)20(24)21-17-7-9-18(10-8-17)27(2,25)26/h3-10,16H,11-13H2,1-2H3,(H,21,24). The number of carbonyl (C=O) groups is 2. The molecule has 7 heteroatoms. The maximum atomic E-state index is 12.5. The maximum Gasteiger partial charge on any atom is 0.229 e. The monoisotopic (exact) mass is 386 g/mol. The van der Waals surface area contributed by atoms with Crippen molar-refractivity contribution in [3.05, 3.63) is 59.7 Å². The molecule has 142 valence electrons. The number of nitrogens with zero attached hydrogens (tertiary/aromatic N) is 1. The topological polar surface area (TPSA) is 83.6 Å². The van der Waals surface area contributed by atoms with Crippen LogP contribution >= 0.6 is 0 Å². The Morgan fingerprint density at radius 1 is 1.11 bits per heavy atom. The van der Waals surface area contributed by atoms with Crippen molar-refractivity contribution < 1.29 is 18.0 Å². The zero-order valence-corrected chi connectivity index (χ0v) is 16.1. The highest BCUT2D eigenvalue weighted by Crippen LogP contribution is 2.22. The van der Waals surface area contributed by atoms with E-state index in [9.17, 15) is 18.0 Å². The lowest BCUT2D eigenvalue weighted by Gasteiger charge is -2.17. The minimum atomic E-state index is -3.27. The van der Waals surface area contributed by atoms with Crippen LogP contribution in [-0.2, 0) is 26.0 Å². The van der Waals surface area contributed by atoms with Gasteiger partial charge in [-0.2, -0.15) is 0 Å². The summed E-state index contributed by atoms with van der Waals surface area (Å²) in [7, 11) is -3.27. The van der Waals surface area contributed by atoms with Crippen LogP contribution in [0.25, 0.3) is 0 Å². The number of amides is 2. The molecule has 2 amide bonds. The first-order chi connectivity index (χ1) is 12.7. The molecule has 3 rings (SSSR count). The van der Waals surface area contributed by atoms with Gasteiger partial charge in [-0.1, -0.05) is 29.8 Å². The highest BCUT2D eigenvalue weighted by Gasteiger charge is 2.34. The number of carbonyl (C=O) groups excluding carboxylic acids is 2. The molecule has 1 saturated heterocycles. The average molecular weight is 386 g/mol.